The quantitative estimate of drug-likeness (QED) is 0.737. The third-order valence-corrected chi connectivity index (χ3v) is 3.24. The van der Waals surface area contributed by atoms with Crippen LogP contribution in [0.2, 0.25) is 0 Å². The summed E-state index contributed by atoms with van der Waals surface area (Å²) in [6.45, 7) is 0.968. The number of hydrogen-bond donors (Lipinski definition) is 0. The first-order valence-electron chi connectivity index (χ1n) is 4.72. The van der Waals surface area contributed by atoms with Crippen molar-refractivity contribution in [1.82, 2.24) is 0 Å². The first kappa shape index (κ1) is 9.59. The Bertz CT molecular complexity index is 341. The molecule has 2 nitrogen and oxygen atoms in total. The second-order valence-electron chi connectivity index (χ2n) is 3.48. The zero-order chi connectivity index (χ0) is 9.97. The lowest BCUT2D eigenvalue weighted by atomic mass is 10.2. The van der Waals surface area contributed by atoms with Gasteiger partial charge in [0.1, 0.15) is 0 Å². The number of anilines is 1. The molecule has 2 rings (SSSR count). The number of rotatable bonds is 2. The molecule has 0 amide bonds. The minimum absolute atomic E-state index is 0.968. The zero-order valence-corrected chi connectivity index (χ0v) is 9.34. The number of hydrogen-bond acceptors (Lipinski definition) is 3. The average molecular weight is 206 g/mol. The molecular weight excluding hydrogens is 192 g/mol. The van der Waals surface area contributed by atoms with E-state index in [1.165, 1.54) is 16.3 Å². The van der Waals surface area contributed by atoms with E-state index in [0.717, 1.165) is 12.3 Å². The Labute approximate surface area is 89.0 Å². The molecule has 1 heterocycles. The third kappa shape index (κ3) is 1.93. The minimum atomic E-state index is 0.968. The molecule has 0 fully saturated rings. The number of aliphatic imine (C=N–C) groups is 1. The van der Waals surface area contributed by atoms with E-state index in [1.807, 2.05) is 11.8 Å². The molecule has 0 N–H and O–H groups in total. The summed E-state index contributed by atoms with van der Waals surface area (Å²) in [5.41, 5.74) is 2.48. The van der Waals surface area contributed by atoms with E-state index >= 15 is 0 Å². The van der Waals surface area contributed by atoms with Crippen molar-refractivity contribution in [1.29, 1.82) is 0 Å². The fraction of sp³-hybridized carbons (Fsp3) is 0.364. The van der Waals surface area contributed by atoms with Gasteiger partial charge in [-0.15, -0.1) is 11.8 Å². The predicted octanol–water partition coefficient (Wildman–Crippen LogP) is 2.25. The topological polar surface area (TPSA) is 15.6 Å². The van der Waals surface area contributed by atoms with Crippen LogP contribution in [0.25, 0.3) is 0 Å². The Hall–Kier alpha value is -0.960. The Morgan fingerprint density at radius 3 is 2.43 bits per heavy atom. The Morgan fingerprint density at radius 1 is 1.21 bits per heavy atom. The summed E-state index contributed by atoms with van der Waals surface area (Å²) >= 11 is 1.85. The fourth-order valence-electron chi connectivity index (χ4n) is 1.41. The summed E-state index contributed by atoms with van der Waals surface area (Å²) in [6, 6.07) is 8.56. The summed E-state index contributed by atoms with van der Waals surface area (Å²) in [5.74, 6) is 1.13. The summed E-state index contributed by atoms with van der Waals surface area (Å²) in [5, 5.41) is 1.19. The molecule has 74 valence electrons. The van der Waals surface area contributed by atoms with Crippen molar-refractivity contribution in [3.05, 3.63) is 29.8 Å². The molecular formula is C11H14N2S. The van der Waals surface area contributed by atoms with E-state index in [1.54, 1.807) is 0 Å². The normalized spacial score (nSPS) is 15.4. The highest BCUT2D eigenvalue weighted by Crippen LogP contribution is 2.21. The first-order chi connectivity index (χ1) is 6.77. The second-order valence-corrected chi connectivity index (χ2v) is 4.56. The standard InChI is InChI=1S/C11H14N2S/c1-13(2)10-5-3-9(4-6-10)11-12-7-8-14-11/h3-6H,7-8H2,1-2H3. The lowest BCUT2D eigenvalue weighted by Crippen LogP contribution is -2.08. The largest absolute Gasteiger partial charge is 0.378 e. The molecule has 0 spiro atoms. The van der Waals surface area contributed by atoms with Crippen LogP contribution >= 0.6 is 11.8 Å². The molecule has 0 saturated heterocycles. The summed E-state index contributed by atoms with van der Waals surface area (Å²) in [6.07, 6.45) is 0. The number of thioether (sulfide) groups is 1. The molecule has 0 aromatic heterocycles. The maximum atomic E-state index is 4.45. The maximum Gasteiger partial charge on any atom is 0.0977 e. The lowest BCUT2D eigenvalue weighted by molar-refractivity contribution is 1.13. The monoisotopic (exact) mass is 206 g/mol. The van der Waals surface area contributed by atoms with Crippen LogP contribution in [-0.2, 0) is 0 Å². The van der Waals surface area contributed by atoms with Crippen LogP contribution in [0.3, 0.4) is 0 Å². The lowest BCUT2D eigenvalue weighted by Gasteiger charge is -2.12. The van der Waals surface area contributed by atoms with E-state index in [4.69, 9.17) is 0 Å². The van der Waals surface area contributed by atoms with Crippen LogP contribution in [0.1, 0.15) is 5.56 Å². The van der Waals surface area contributed by atoms with Crippen LogP contribution in [0.15, 0.2) is 29.3 Å². The van der Waals surface area contributed by atoms with Gasteiger partial charge in [-0.1, -0.05) is 12.1 Å². The van der Waals surface area contributed by atoms with Crippen LogP contribution in [0, 0.1) is 0 Å². The van der Waals surface area contributed by atoms with E-state index < -0.39 is 0 Å². The molecule has 0 atom stereocenters. The van der Waals surface area contributed by atoms with Gasteiger partial charge in [0.2, 0.25) is 0 Å². The van der Waals surface area contributed by atoms with Crippen molar-refractivity contribution in [2.45, 2.75) is 0 Å². The first-order valence-corrected chi connectivity index (χ1v) is 5.71. The molecule has 1 aromatic carbocycles. The summed E-state index contributed by atoms with van der Waals surface area (Å²) < 4.78 is 0. The molecule has 1 aliphatic rings. The molecule has 0 unspecified atom stereocenters. The third-order valence-electron chi connectivity index (χ3n) is 2.22. The van der Waals surface area contributed by atoms with Crippen molar-refractivity contribution in [3.63, 3.8) is 0 Å². The van der Waals surface area contributed by atoms with Crippen LogP contribution in [-0.4, -0.2) is 31.4 Å². The van der Waals surface area contributed by atoms with Crippen molar-refractivity contribution in [2.24, 2.45) is 4.99 Å². The van der Waals surface area contributed by atoms with Gasteiger partial charge < -0.3 is 4.90 Å². The predicted molar refractivity (Wildman–Crippen MR) is 64.6 cm³/mol. The van der Waals surface area contributed by atoms with Gasteiger partial charge in [0, 0.05) is 37.6 Å². The molecule has 14 heavy (non-hydrogen) atoms. The van der Waals surface area contributed by atoms with Gasteiger partial charge in [-0.25, -0.2) is 0 Å². The van der Waals surface area contributed by atoms with Crippen molar-refractivity contribution >= 4 is 22.5 Å². The Morgan fingerprint density at radius 2 is 1.93 bits per heavy atom. The van der Waals surface area contributed by atoms with Gasteiger partial charge in [0.05, 0.1) is 5.04 Å². The molecule has 0 aliphatic carbocycles. The van der Waals surface area contributed by atoms with Gasteiger partial charge in [-0.05, 0) is 12.1 Å². The maximum absolute atomic E-state index is 4.45. The Kier molecular flexibility index (Phi) is 2.77. The zero-order valence-electron chi connectivity index (χ0n) is 8.53. The highest BCUT2D eigenvalue weighted by molar-refractivity contribution is 8.14. The number of nitrogens with zero attached hydrogens (tertiary/aromatic N) is 2. The smallest absolute Gasteiger partial charge is 0.0977 e. The van der Waals surface area contributed by atoms with Crippen molar-refractivity contribution < 1.29 is 0 Å². The molecule has 0 saturated carbocycles. The average Bonchev–Trinajstić information content (AvgIpc) is 2.71. The SMILES string of the molecule is CN(C)c1ccc(C2=NCCS2)cc1. The summed E-state index contributed by atoms with van der Waals surface area (Å²) in [7, 11) is 4.10. The van der Waals surface area contributed by atoms with Gasteiger partial charge >= 0.3 is 0 Å². The molecule has 0 radical (unpaired) electrons. The van der Waals surface area contributed by atoms with Gasteiger partial charge in [0.15, 0.2) is 0 Å². The highest BCUT2D eigenvalue weighted by atomic mass is 32.2. The van der Waals surface area contributed by atoms with Crippen molar-refractivity contribution in [2.75, 3.05) is 31.3 Å². The second kappa shape index (κ2) is 4.05. The van der Waals surface area contributed by atoms with Gasteiger partial charge in [0.25, 0.3) is 0 Å². The molecule has 1 aromatic rings. The van der Waals surface area contributed by atoms with E-state index in [9.17, 15) is 0 Å². The number of benzene rings is 1. The highest BCUT2D eigenvalue weighted by Gasteiger charge is 2.09. The van der Waals surface area contributed by atoms with E-state index in [-0.39, 0.29) is 0 Å². The van der Waals surface area contributed by atoms with E-state index in [2.05, 4.69) is 48.3 Å². The van der Waals surface area contributed by atoms with Gasteiger partial charge in [-0.2, -0.15) is 0 Å². The van der Waals surface area contributed by atoms with Gasteiger partial charge in [-0.3, -0.25) is 4.99 Å². The Balaban J connectivity index is 2.21. The fourth-order valence-corrected chi connectivity index (χ4v) is 2.27. The minimum Gasteiger partial charge on any atom is -0.378 e. The molecule has 3 heteroatoms. The molecule has 1 aliphatic heterocycles. The van der Waals surface area contributed by atoms with Crippen LogP contribution in [0.5, 0.6) is 0 Å². The summed E-state index contributed by atoms with van der Waals surface area (Å²) in [4.78, 5) is 6.55. The molecule has 0 bridgehead atoms. The van der Waals surface area contributed by atoms with E-state index in [0.29, 0.717) is 0 Å². The van der Waals surface area contributed by atoms with Crippen LogP contribution in [0.4, 0.5) is 5.69 Å². The van der Waals surface area contributed by atoms with Crippen LogP contribution < -0.4 is 4.90 Å². The van der Waals surface area contributed by atoms with Crippen molar-refractivity contribution in [3.8, 4) is 0 Å².